The van der Waals surface area contributed by atoms with Crippen LogP contribution in [0.5, 0.6) is 0 Å². The Morgan fingerprint density at radius 3 is 2.44 bits per heavy atom. The minimum absolute atomic E-state index is 0.0442. The average Bonchev–Trinajstić information content (AvgIpc) is 2.79. The minimum atomic E-state index is -0.458. The molecule has 0 bridgehead atoms. The number of esters is 1. The van der Waals surface area contributed by atoms with Gasteiger partial charge in [0.2, 0.25) is 11.8 Å². The average molecular weight is 450 g/mol. The summed E-state index contributed by atoms with van der Waals surface area (Å²) in [5, 5.41) is 15.8. The fraction of sp³-hybridized carbons (Fsp3) is 0.250. The van der Waals surface area contributed by atoms with Gasteiger partial charge in [0.15, 0.2) is 0 Å². The fourth-order valence-corrected chi connectivity index (χ4v) is 4.39. The Morgan fingerprint density at radius 1 is 1.19 bits per heavy atom. The first-order chi connectivity index (χ1) is 15.3. The van der Waals surface area contributed by atoms with Crippen LogP contribution >= 0.6 is 11.8 Å². The van der Waals surface area contributed by atoms with E-state index in [1.54, 1.807) is 24.3 Å². The summed E-state index contributed by atoms with van der Waals surface area (Å²) in [6, 6.07) is 14.6. The van der Waals surface area contributed by atoms with Crippen molar-refractivity contribution >= 4 is 35.2 Å². The molecule has 1 atom stereocenters. The van der Waals surface area contributed by atoms with E-state index in [0.29, 0.717) is 16.2 Å². The number of rotatable bonds is 6. The molecule has 1 heterocycles. The zero-order valence-corrected chi connectivity index (χ0v) is 18.8. The van der Waals surface area contributed by atoms with Crippen LogP contribution in [0.25, 0.3) is 0 Å². The summed E-state index contributed by atoms with van der Waals surface area (Å²) in [5.74, 6) is -1.33. The molecule has 0 radical (unpaired) electrons. The van der Waals surface area contributed by atoms with Crippen LogP contribution < -0.4 is 10.6 Å². The lowest BCUT2D eigenvalue weighted by Gasteiger charge is -2.25. The Kier molecular flexibility index (Phi) is 7.33. The summed E-state index contributed by atoms with van der Waals surface area (Å²) in [4.78, 5) is 36.5. The van der Waals surface area contributed by atoms with Crippen LogP contribution in [0.3, 0.4) is 0 Å². The van der Waals surface area contributed by atoms with E-state index >= 15 is 0 Å². The second-order valence-corrected chi connectivity index (χ2v) is 8.36. The number of hydrogen-bond donors (Lipinski definition) is 2. The standard InChI is InChI=1S/C24H23N3O4S/c1-14-5-4-6-15(2)22(14)26-21(29)13-32-23-19(12-25)18(11-20(28)27-23)16-7-9-17(10-8-16)24(30)31-3/h4-10,18H,11,13H2,1-3H3,(H,26,29)(H,27,28)/t18-/m0/s1. The highest BCUT2D eigenvalue weighted by Crippen LogP contribution is 2.36. The van der Waals surface area contributed by atoms with E-state index in [2.05, 4.69) is 16.7 Å². The van der Waals surface area contributed by atoms with Gasteiger partial charge in [-0.15, -0.1) is 0 Å². The van der Waals surface area contributed by atoms with Crippen LogP contribution in [0, 0.1) is 25.2 Å². The highest BCUT2D eigenvalue weighted by Gasteiger charge is 2.30. The van der Waals surface area contributed by atoms with Crippen LogP contribution in [0.15, 0.2) is 53.1 Å². The number of methoxy groups -OCH3 is 1. The number of anilines is 1. The Labute approximate surface area is 190 Å². The largest absolute Gasteiger partial charge is 0.465 e. The van der Waals surface area contributed by atoms with Gasteiger partial charge in [-0.1, -0.05) is 42.1 Å². The third-order valence-corrected chi connectivity index (χ3v) is 6.20. The molecule has 0 unspecified atom stereocenters. The summed E-state index contributed by atoms with van der Waals surface area (Å²) in [6.45, 7) is 3.84. The first-order valence-electron chi connectivity index (χ1n) is 9.95. The molecule has 2 aromatic rings. The van der Waals surface area contributed by atoms with Gasteiger partial charge in [-0.3, -0.25) is 9.59 Å². The van der Waals surface area contributed by atoms with E-state index in [1.165, 1.54) is 7.11 Å². The molecule has 3 rings (SSSR count). The first-order valence-corrected chi connectivity index (χ1v) is 10.9. The van der Waals surface area contributed by atoms with E-state index in [4.69, 9.17) is 4.74 Å². The number of carbonyl (C=O) groups excluding carboxylic acids is 3. The van der Waals surface area contributed by atoms with E-state index in [1.807, 2.05) is 32.0 Å². The molecule has 0 saturated carbocycles. The van der Waals surface area contributed by atoms with Crippen molar-refractivity contribution in [3.63, 3.8) is 0 Å². The number of thioether (sulfide) groups is 1. The smallest absolute Gasteiger partial charge is 0.337 e. The fourth-order valence-electron chi connectivity index (χ4n) is 3.51. The van der Waals surface area contributed by atoms with Crippen LogP contribution in [0.4, 0.5) is 5.69 Å². The number of carbonyl (C=O) groups is 3. The van der Waals surface area contributed by atoms with E-state index in [9.17, 15) is 19.6 Å². The molecule has 0 saturated heterocycles. The molecule has 164 valence electrons. The predicted molar refractivity (Wildman–Crippen MR) is 123 cm³/mol. The van der Waals surface area contributed by atoms with Crippen molar-refractivity contribution in [2.24, 2.45) is 0 Å². The molecule has 0 fully saturated rings. The first kappa shape index (κ1) is 23.1. The number of benzene rings is 2. The number of nitrogens with zero attached hydrogens (tertiary/aromatic N) is 1. The third-order valence-electron chi connectivity index (χ3n) is 5.18. The lowest BCUT2D eigenvalue weighted by Crippen LogP contribution is -2.31. The highest BCUT2D eigenvalue weighted by molar-refractivity contribution is 8.03. The van der Waals surface area contributed by atoms with Gasteiger partial charge in [-0.05, 0) is 42.7 Å². The molecule has 2 aromatic carbocycles. The summed E-state index contributed by atoms with van der Waals surface area (Å²) < 4.78 is 4.70. The monoisotopic (exact) mass is 449 g/mol. The molecular formula is C24H23N3O4S. The van der Waals surface area contributed by atoms with Crippen LogP contribution in [-0.4, -0.2) is 30.6 Å². The van der Waals surface area contributed by atoms with Crippen molar-refractivity contribution < 1.29 is 19.1 Å². The lowest BCUT2D eigenvalue weighted by molar-refractivity contribution is -0.121. The number of nitriles is 1. The van der Waals surface area contributed by atoms with E-state index in [-0.39, 0.29) is 24.0 Å². The molecule has 7 nitrogen and oxygen atoms in total. The third kappa shape index (κ3) is 5.18. The van der Waals surface area contributed by atoms with Crippen molar-refractivity contribution in [2.75, 3.05) is 18.2 Å². The molecule has 0 aromatic heterocycles. The second kappa shape index (κ2) is 10.2. The number of amides is 2. The predicted octanol–water partition coefficient (Wildman–Crippen LogP) is 3.80. The zero-order chi connectivity index (χ0) is 23.3. The SMILES string of the molecule is COC(=O)c1ccc([C@@H]2CC(=O)NC(SCC(=O)Nc3c(C)cccc3C)=C2C#N)cc1. The maximum absolute atomic E-state index is 12.5. The molecule has 32 heavy (non-hydrogen) atoms. The van der Waals surface area contributed by atoms with Crippen molar-refractivity contribution in [3.8, 4) is 6.07 Å². The van der Waals surface area contributed by atoms with Crippen LogP contribution in [-0.2, 0) is 14.3 Å². The number of allylic oxidation sites excluding steroid dienone is 1. The van der Waals surface area contributed by atoms with Gasteiger partial charge in [-0.25, -0.2) is 4.79 Å². The summed E-state index contributed by atoms with van der Waals surface area (Å²) in [6.07, 6.45) is 0.110. The normalized spacial score (nSPS) is 15.6. The number of para-hydroxylation sites is 1. The molecule has 1 aliphatic heterocycles. The van der Waals surface area contributed by atoms with Crippen molar-refractivity contribution in [3.05, 3.63) is 75.3 Å². The number of nitrogens with one attached hydrogen (secondary N) is 2. The Balaban J connectivity index is 1.78. The number of ether oxygens (including phenoxy) is 1. The van der Waals surface area contributed by atoms with Crippen LogP contribution in [0.2, 0.25) is 0 Å². The zero-order valence-electron chi connectivity index (χ0n) is 18.0. The van der Waals surface area contributed by atoms with Crippen LogP contribution in [0.1, 0.15) is 39.4 Å². The summed E-state index contributed by atoms with van der Waals surface area (Å²) in [7, 11) is 1.30. The quantitative estimate of drug-likeness (QED) is 0.650. The number of hydrogen-bond acceptors (Lipinski definition) is 6. The molecule has 2 N–H and O–H groups in total. The van der Waals surface area contributed by atoms with Crippen molar-refractivity contribution in [2.45, 2.75) is 26.2 Å². The molecule has 1 aliphatic rings. The topological polar surface area (TPSA) is 108 Å². The lowest BCUT2D eigenvalue weighted by atomic mass is 9.87. The maximum Gasteiger partial charge on any atom is 0.337 e. The van der Waals surface area contributed by atoms with Gasteiger partial charge in [0.25, 0.3) is 0 Å². The van der Waals surface area contributed by atoms with Crippen molar-refractivity contribution in [1.82, 2.24) is 5.32 Å². The molecule has 2 amide bonds. The van der Waals surface area contributed by atoms with E-state index < -0.39 is 11.9 Å². The van der Waals surface area contributed by atoms with Gasteiger partial charge >= 0.3 is 5.97 Å². The highest BCUT2D eigenvalue weighted by atomic mass is 32.2. The summed E-state index contributed by atoms with van der Waals surface area (Å²) in [5.41, 5.74) is 4.20. The van der Waals surface area contributed by atoms with E-state index in [0.717, 1.165) is 34.1 Å². The molecule has 8 heteroatoms. The molecule has 0 aliphatic carbocycles. The van der Waals surface area contributed by atoms with Gasteiger partial charge in [-0.2, -0.15) is 5.26 Å². The Bertz CT molecular complexity index is 1110. The molecule has 0 spiro atoms. The van der Waals surface area contributed by atoms with Gasteiger partial charge in [0.1, 0.15) is 0 Å². The van der Waals surface area contributed by atoms with Gasteiger partial charge < -0.3 is 15.4 Å². The maximum atomic E-state index is 12.5. The minimum Gasteiger partial charge on any atom is -0.465 e. The Hall–Kier alpha value is -3.57. The number of aryl methyl sites for hydroxylation is 2. The molecular weight excluding hydrogens is 426 g/mol. The van der Waals surface area contributed by atoms with Gasteiger partial charge in [0, 0.05) is 18.0 Å². The van der Waals surface area contributed by atoms with Crippen molar-refractivity contribution in [1.29, 1.82) is 5.26 Å². The second-order valence-electron chi connectivity index (χ2n) is 7.38. The Morgan fingerprint density at radius 2 is 1.84 bits per heavy atom. The summed E-state index contributed by atoms with van der Waals surface area (Å²) >= 11 is 1.12. The van der Waals surface area contributed by atoms with Gasteiger partial charge in [0.05, 0.1) is 35.1 Å².